The fourth-order valence-corrected chi connectivity index (χ4v) is 4.73. The maximum absolute atomic E-state index is 6.37. The molecule has 108 valence electrons. The number of alkyl halides is 1. The Morgan fingerprint density at radius 1 is 1.37 bits per heavy atom. The smallest absolute Gasteiger partial charge is 0.401 e. The predicted molar refractivity (Wildman–Crippen MR) is 76.7 cm³/mol. The van der Waals surface area contributed by atoms with Crippen molar-refractivity contribution in [1.29, 1.82) is 0 Å². The van der Waals surface area contributed by atoms with Crippen LogP contribution in [-0.2, 0) is 9.31 Å². The van der Waals surface area contributed by atoms with Crippen molar-refractivity contribution in [2.75, 3.05) is 5.88 Å². The second-order valence-electron chi connectivity index (χ2n) is 7.43. The highest BCUT2D eigenvalue weighted by molar-refractivity contribution is 6.46. The molecule has 3 aliphatic carbocycles. The van der Waals surface area contributed by atoms with Gasteiger partial charge in [0.2, 0.25) is 0 Å². The maximum atomic E-state index is 6.37. The first-order valence-corrected chi connectivity index (χ1v) is 8.15. The lowest BCUT2D eigenvalue weighted by Gasteiger charge is -2.64. The number of quaternary nitrogens is 1. The van der Waals surface area contributed by atoms with Gasteiger partial charge in [0.1, 0.15) is 5.94 Å². The number of halogens is 1. The average Bonchev–Trinajstić information content (AvgIpc) is 2.72. The topological polar surface area (TPSA) is 46.1 Å². The van der Waals surface area contributed by atoms with Gasteiger partial charge in [0.05, 0.1) is 11.7 Å². The van der Waals surface area contributed by atoms with Gasteiger partial charge < -0.3 is 15.0 Å². The van der Waals surface area contributed by atoms with E-state index in [1.807, 2.05) is 0 Å². The van der Waals surface area contributed by atoms with Crippen molar-refractivity contribution in [3.8, 4) is 0 Å². The average molecular weight is 287 g/mol. The molecule has 1 aliphatic heterocycles. The zero-order valence-corrected chi connectivity index (χ0v) is 13.1. The van der Waals surface area contributed by atoms with Crippen molar-refractivity contribution < 1.29 is 15.0 Å². The summed E-state index contributed by atoms with van der Waals surface area (Å²) < 4.78 is 12.6. The van der Waals surface area contributed by atoms with Crippen LogP contribution in [0.3, 0.4) is 0 Å². The summed E-state index contributed by atoms with van der Waals surface area (Å²) in [5, 5.41) is 0. The summed E-state index contributed by atoms with van der Waals surface area (Å²) in [5.74, 6) is 2.33. The molecule has 3 N–H and O–H groups in total. The number of hydrogen-bond acceptors (Lipinski definition) is 2. The summed E-state index contributed by atoms with van der Waals surface area (Å²) in [6, 6.07) is 0. The van der Waals surface area contributed by atoms with Gasteiger partial charge in [-0.05, 0) is 49.9 Å². The third kappa shape index (κ3) is 1.98. The van der Waals surface area contributed by atoms with Crippen LogP contribution in [0.2, 0.25) is 0 Å². The van der Waals surface area contributed by atoms with E-state index in [2.05, 4.69) is 26.5 Å². The molecule has 0 aromatic carbocycles. The summed E-state index contributed by atoms with van der Waals surface area (Å²) in [4.78, 5) is 0. The Kier molecular flexibility index (Phi) is 3.45. The monoisotopic (exact) mass is 286 g/mol. The highest BCUT2D eigenvalue weighted by Crippen LogP contribution is 2.65. The normalized spacial score (nSPS) is 44.7. The summed E-state index contributed by atoms with van der Waals surface area (Å²) in [6.45, 7) is 7.03. The lowest BCUT2D eigenvalue weighted by molar-refractivity contribution is -0.398. The minimum atomic E-state index is -0.131. The Hall–Kier alpha value is 0.235. The van der Waals surface area contributed by atoms with Crippen molar-refractivity contribution in [3.63, 3.8) is 0 Å². The minimum Gasteiger partial charge on any atom is -0.401 e. The van der Waals surface area contributed by atoms with Gasteiger partial charge >= 0.3 is 7.12 Å². The van der Waals surface area contributed by atoms with Crippen molar-refractivity contribution in [1.82, 2.24) is 0 Å². The largest absolute Gasteiger partial charge is 0.521 e. The van der Waals surface area contributed by atoms with E-state index in [4.69, 9.17) is 20.9 Å². The van der Waals surface area contributed by atoms with Crippen LogP contribution in [0, 0.1) is 17.3 Å². The molecule has 3 saturated carbocycles. The van der Waals surface area contributed by atoms with Crippen molar-refractivity contribution >= 4 is 18.7 Å². The summed E-state index contributed by atoms with van der Waals surface area (Å²) >= 11 is 5.76. The Balaban J connectivity index is 1.70. The van der Waals surface area contributed by atoms with Crippen LogP contribution in [0.25, 0.3) is 0 Å². The molecule has 2 bridgehead atoms. The van der Waals surface area contributed by atoms with Gasteiger partial charge in [-0.15, -0.1) is 11.6 Å². The van der Waals surface area contributed by atoms with Crippen LogP contribution in [-0.4, -0.2) is 30.6 Å². The lowest BCUT2D eigenvalue weighted by atomic mass is 9.43. The maximum Gasteiger partial charge on any atom is 0.521 e. The van der Waals surface area contributed by atoms with Crippen molar-refractivity contribution in [2.24, 2.45) is 17.3 Å². The fourth-order valence-electron chi connectivity index (χ4n) is 4.58. The van der Waals surface area contributed by atoms with E-state index in [-0.39, 0.29) is 24.8 Å². The molecule has 0 radical (unpaired) electrons. The third-order valence-electron chi connectivity index (χ3n) is 6.06. The van der Waals surface area contributed by atoms with Gasteiger partial charge in [-0.1, -0.05) is 13.8 Å². The molecule has 19 heavy (non-hydrogen) atoms. The molecule has 4 rings (SSSR count). The van der Waals surface area contributed by atoms with Crippen LogP contribution in [0.15, 0.2) is 0 Å². The highest BCUT2D eigenvalue weighted by atomic mass is 35.5. The van der Waals surface area contributed by atoms with Gasteiger partial charge in [0.25, 0.3) is 0 Å². The molecule has 5 heteroatoms. The van der Waals surface area contributed by atoms with E-state index in [0.29, 0.717) is 17.2 Å². The van der Waals surface area contributed by atoms with Gasteiger partial charge in [-0.2, -0.15) is 0 Å². The molecule has 0 spiro atoms. The zero-order valence-electron chi connectivity index (χ0n) is 12.3. The molecule has 5 unspecified atom stereocenters. The van der Waals surface area contributed by atoms with Crippen molar-refractivity contribution in [2.45, 2.75) is 64.1 Å². The lowest BCUT2D eigenvalue weighted by Crippen LogP contribution is -2.69. The molecule has 0 amide bonds. The Bertz CT molecular complexity index is 367. The first-order chi connectivity index (χ1) is 8.89. The van der Waals surface area contributed by atoms with Gasteiger partial charge in [0, 0.05) is 5.88 Å². The number of hydrogen-bond donors (Lipinski definition) is 1. The quantitative estimate of drug-likeness (QED) is 0.633. The molecule has 1 heterocycles. The van der Waals surface area contributed by atoms with Crippen LogP contribution < -0.4 is 5.73 Å². The Morgan fingerprint density at radius 3 is 2.74 bits per heavy atom. The summed E-state index contributed by atoms with van der Waals surface area (Å²) in [7, 11) is -0.131. The van der Waals surface area contributed by atoms with Gasteiger partial charge in [-0.3, -0.25) is 0 Å². The molecule has 0 aromatic heterocycles. The Morgan fingerprint density at radius 2 is 2.11 bits per heavy atom. The first kappa shape index (κ1) is 14.2. The fraction of sp³-hybridized carbons (Fsp3) is 1.00. The molecule has 5 atom stereocenters. The third-order valence-corrected chi connectivity index (χ3v) is 6.33. The summed E-state index contributed by atoms with van der Waals surface area (Å²) in [5.41, 5.74) is 4.53. The van der Waals surface area contributed by atoms with Crippen LogP contribution >= 0.6 is 11.6 Å². The molecular weight excluding hydrogens is 260 g/mol. The molecule has 4 fully saturated rings. The van der Waals surface area contributed by atoms with Gasteiger partial charge in [0.15, 0.2) is 0 Å². The zero-order chi connectivity index (χ0) is 13.8. The van der Waals surface area contributed by atoms with Gasteiger partial charge in [-0.25, -0.2) is 0 Å². The standard InChI is InChI=1S/C14H25BClNO2/c1-13(2)9-7-10(13)14(3)11(8-9)18-15(19-14)12(17)5-4-6-16/h9-12H,4-8,17H2,1-3H3/p+1. The first-order valence-electron chi connectivity index (χ1n) is 7.62. The second kappa shape index (κ2) is 4.62. The van der Waals surface area contributed by atoms with E-state index in [9.17, 15) is 0 Å². The van der Waals surface area contributed by atoms with E-state index in [0.717, 1.165) is 25.2 Å². The van der Waals surface area contributed by atoms with E-state index >= 15 is 0 Å². The SMILES string of the molecule is CC1(C)C2CC3OB(C([NH3+])CCCCl)OC3(C)C1C2. The van der Waals surface area contributed by atoms with E-state index in [1.54, 1.807) is 0 Å². The summed E-state index contributed by atoms with van der Waals surface area (Å²) in [6.07, 6.45) is 4.69. The van der Waals surface area contributed by atoms with Crippen LogP contribution in [0.5, 0.6) is 0 Å². The number of rotatable bonds is 4. The molecule has 1 saturated heterocycles. The second-order valence-corrected chi connectivity index (χ2v) is 7.81. The van der Waals surface area contributed by atoms with E-state index in [1.165, 1.54) is 6.42 Å². The molecule has 4 aliphatic rings. The van der Waals surface area contributed by atoms with Crippen molar-refractivity contribution in [3.05, 3.63) is 0 Å². The van der Waals surface area contributed by atoms with Crippen LogP contribution in [0.1, 0.15) is 46.5 Å². The predicted octanol–water partition coefficient (Wildman–Crippen LogP) is 1.88. The highest BCUT2D eigenvalue weighted by Gasteiger charge is 2.68. The molecule has 0 aromatic rings. The minimum absolute atomic E-state index is 0.0974. The Labute approximate surface area is 121 Å². The van der Waals surface area contributed by atoms with Crippen LogP contribution in [0.4, 0.5) is 0 Å². The van der Waals surface area contributed by atoms with E-state index < -0.39 is 0 Å². The molecular formula is C14H26BClNO2+. The molecule has 3 nitrogen and oxygen atoms in total.